The van der Waals surface area contributed by atoms with Crippen molar-refractivity contribution in [2.24, 2.45) is 0 Å². The van der Waals surface area contributed by atoms with Crippen LogP contribution < -0.4 is 0 Å². The van der Waals surface area contributed by atoms with E-state index in [0.29, 0.717) is 25.7 Å². The Morgan fingerprint density at radius 1 is 0.405 bits per heavy atom. The summed E-state index contributed by atoms with van der Waals surface area (Å²) < 4.78 is 9.76. The van der Waals surface area contributed by atoms with E-state index in [9.17, 15) is 28.8 Å². The molecule has 0 radical (unpaired) electrons. The summed E-state index contributed by atoms with van der Waals surface area (Å²) in [4.78, 5) is 69.4. The van der Waals surface area contributed by atoms with E-state index in [-0.39, 0.29) is 36.8 Å². The molecule has 0 heterocycles. The van der Waals surface area contributed by atoms with Crippen molar-refractivity contribution >= 4 is 35.8 Å². The molecule has 42 heavy (non-hydrogen) atoms. The molecule has 0 aliphatic heterocycles. The Labute approximate surface area is 248 Å². The molecule has 0 atom stereocenters. The topological polar surface area (TPSA) is 161 Å². The van der Waals surface area contributed by atoms with Crippen LogP contribution in [0.25, 0.3) is 0 Å². The minimum absolute atomic E-state index is 0.107. The molecule has 10 nitrogen and oxygen atoms in total. The summed E-state index contributed by atoms with van der Waals surface area (Å²) in [6, 6.07) is 5.37. The maximum atomic E-state index is 12.2. The first-order valence-electron chi connectivity index (χ1n) is 15.2. The van der Waals surface area contributed by atoms with Gasteiger partial charge in [-0.25, -0.2) is 9.59 Å². The Bertz CT molecular complexity index is 905. The molecule has 0 saturated carbocycles. The number of ether oxygens (including phenoxy) is 2. The Morgan fingerprint density at radius 2 is 0.643 bits per heavy atom. The molecule has 10 heteroatoms. The van der Waals surface area contributed by atoms with Crippen LogP contribution in [0.3, 0.4) is 0 Å². The van der Waals surface area contributed by atoms with Crippen LogP contribution in [0.5, 0.6) is 0 Å². The smallest absolute Gasteiger partial charge is 0.345 e. The van der Waals surface area contributed by atoms with Gasteiger partial charge in [-0.3, -0.25) is 19.2 Å². The van der Waals surface area contributed by atoms with Crippen molar-refractivity contribution in [1.29, 1.82) is 0 Å². The summed E-state index contributed by atoms with van der Waals surface area (Å²) in [6.45, 7) is 0. The van der Waals surface area contributed by atoms with Gasteiger partial charge in [-0.1, -0.05) is 77.0 Å². The molecule has 0 aliphatic rings. The van der Waals surface area contributed by atoms with Crippen LogP contribution in [0.1, 0.15) is 149 Å². The third kappa shape index (κ3) is 19.5. The minimum atomic E-state index is -0.808. The number of rotatable bonds is 24. The molecule has 2 N–H and O–H groups in total. The number of esters is 4. The molecule has 0 saturated heterocycles. The molecular weight excluding hydrogens is 544 g/mol. The number of carbonyl (C=O) groups is 6. The normalized spacial score (nSPS) is 10.7. The van der Waals surface area contributed by atoms with E-state index in [1.165, 1.54) is 24.3 Å². The molecule has 0 fully saturated rings. The largest absolute Gasteiger partial charge is 0.481 e. The van der Waals surface area contributed by atoms with E-state index in [2.05, 4.69) is 0 Å². The zero-order valence-corrected chi connectivity index (χ0v) is 24.6. The van der Waals surface area contributed by atoms with Crippen molar-refractivity contribution in [2.45, 2.75) is 128 Å². The number of hydrogen-bond donors (Lipinski definition) is 2. The van der Waals surface area contributed by atoms with Crippen molar-refractivity contribution in [3.8, 4) is 0 Å². The molecular formula is C32H46O10. The Kier molecular flexibility index (Phi) is 20.0. The van der Waals surface area contributed by atoms with Gasteiger partial charge < -0.3 is 19.7 Å². The molecule has 234 valence electrons. The van der Waals surface area contributed by atoms with Crippen molar-refractivity contribution in [3.05, 3.63) is 35.4 Å². The van der Waals surface area contributed by atoms with Crippen molar-refractivity contribution in [1.82, 2.24) is 0 Å². The maximum absolute atomic E-state index is 12.2. The quantitative estimate of drug-likeness (QED) is 0.0726. The molecule has 0 spiro atoms. The summed E-state index contributed by atoms with van der Waals surface area (Å²) in [5.41, 5.74) is 0.215. The highest BCUT2D eigenvalue weighted by Crippen LogP contribution is 2.14. The fraction of sp³-hybridized carbons (Fsp3) is 0.625. The number of aliphatic carboxylic acids is 2. The molecule has 0 bridgehead atoms. The molecule has 1 aromatic carbocycles. The average Bonchev–Trinajstić information content (AvgIpc) is 2.94. The molecule has 0 unspecified atom stereocenters. The fourth-order valence-corrected chi connectivity index (χ4v) is 4.38. The molecule has 0 aromatic heterocycles. The molecule has 1 rings (SSSR count). The van der Waals surface area contributed by atoms with Gasteiger partial charge in [0.1, 0.15) is 0 Å². The van der Waals surface area contributed by atoms with Crippen LogP contribution in [-0.2, 0) is 28.7 Å². The first-order valence-corrected chi connectivity index (χ1v) is 15.2. The van der Waals surface area contributed by atoms with Gasteiger partial charge in [0, 0.05) is 25.7 Å². The number of carbonyl (C=O) groups excluding carboxylic acids is 4. The van der Waals surface area contributed by atoms with E-state index in [1.54, 1.807) is 0 Å². The standard InChI is InChI=1S/C32H46O10/c33-27(34)17-13-9-5-1-3-7-11-15-19-29(37)41-31(39)25-21-23-26(24-22-25)32(40)42-30(38)20-16-12-8-4-2-6-10-14-18-28(35)36/h21-24H,1-20H2,(H,33,34)(H,35,36). The van der Waals surface area contributed by atoms with Crippen molar-refractivity contribution < 1.29 is 48.5 Å². The van der Waals surface area contributed by atoms with Gasteiger partial charge in [-0.05, 0) is 49.9 Å². The maximum Gasteiger partial charge on any atom is 0.345 e. The second-order valence-corrected chi connectivity index (χ2v) is 10.5. The first-order chi connectivity index (χ1) is 20.2. The van der Waals surface area contributed by atoms with Gasteiger partial charge in [0.25, 0.3) is 0 Å². The van der Waals surface area contributed by atoms with Gasteiger partial charge in [0.15, 0.2) is 0 Å². The Balaban J connectivity index is 2.15. The lowest BCUT2D eigenvalue weighted by molar-refractivity contribution is -0.139. The predicted molar refractivity (Wildman–Crippen MR) is 155 cm³/mol. The van der Waals surface area contributed by atoms with Gasteiger partial charge in [0.05, 0.1) is 11.1 Å². The lowest BCUT2D eigenvalue weighted by Gasteiger charge is -2.06. The van der Waals surface area contributed by atoms with Gasteiger partial charge in [0.2, 0.25) is 0 Å². The summed E-state index contributed by atoms with van der Waals surface area (Å²) >= 11 is 0. The Hall–Kier alpha value is -3.56. The SMILES string of the molecule is O=C(O)CCCCCCCCCCC(=O)OC(=O)c1ccc(C(=O)OC(=O)CCCCCCCCCCC(=O)O)cc1. The summed E-state index contributed by atoms with van der Waals surface area (Å²) in [7, 11) is 0. The van der Waals surface area contributed by atoms with Crippen LogP contribution in [0, 0.1) is 0 Å². The molecule has 0 amide bonds. The highest BCUT2D eigenvalue weighted by Gasteiger charge is 2.16. The lowest BCUT2D eigenvalue weighted by atomic mass is 10.1. The van der Waals surface area contributed by atoms with Crippen LogP contribution in [0.2, 0.25) is 0 Å². The monoisotopic (exact) mass is 590 g/mol. The van der Waals surface area contributed by atoms with Crippen LogP contribution in [0.15, 0.2) is 24.3 Å². The van der Waals surface area contributed by atoms with Crippen molar-refractivity contribution in [3.63, 3.8) is 0 Å². The highest BCUT2D eigenvalue weighted by molar-refractivity contribution is 5.99. The van der Waals surface area contributed by atoms with Gasteiger partial charge in [-0.15, -0.1) is 0 Å². The van der Waals surface area contributed by atoms with Gasteiger partial charge in [-0.2, -0.15) is 0 Å². The number of benzene rings is 1. The third-order valence-electron chi connectivity index (χ3n) is 6.81. The van der Waals surface area contributed by atoms with E-state index in [4.69, 9.17) is 19.7 Å². The second kappa shape index (κ2) is 23.1. The van der Waals surface area contributed by atoms with Gasteiger partial charge >= 0.3 is 35.8 Å². The fourth-order valence-electron chi connectivity index (χ4n) is 4.38. The number of unbranched alkanes of at least 4 members (excludes halogenated alkanes) is 14. The number of carboxylic acids is 2. The molecule has 0 aliphatic carbocycles. The van der Waals surface area contributed by atoms with Crippen LogP contribution in [-0.4, -0.2) is 46.0 Å². The summed E-state index contributed by atoms with van der Waals surface area (Å²) in [5.74, 6) is -4.37. The predicted octanol–water partition coefficient (Wildman–Crippen LogP) is 7.02. The van der Waals surface area contributed by atoms with Crippen molar-refractivity contribution in [2.75, 3.05) is 0 Å². The second-order valence-electron chi connectivity index (χ2n) is 10.5. The summed E-state index contributed by atoms with van der Waals surface area (Å²) in [5, 5.41) is 17.2. The molecule has 1 aromatic rings. The number of carboxylic acid groups (broad SMARTS) is 2. The van der Waals surface area contributed by atoms with E-state index >= 15 is 0 Å². The lowest BCUT2D eigenvalue weighted by Crippen LogP contribution is -2.14. The first kappa shape index (κ1) is 36.5. The highest BCUT2D eigenvalue weighted by atomic mass is 16.6. The van der Waals surface area contributed by atoms with Crippen LogP contribution >= 0.6 is 0 Å². The zero-order valence-electron chi connectivity index (χ0n) is 24.6. The van der Waals surface area contributed by atoms with E-state index in [0.717, 1.165) is 77.0 Å². The van der Waals surface area contributed by atoms with E-state index < -0.39 is 35.8 Å². The summed E-state index contributed by atoms with van der Waals surface area (Å²) in [6.07, 6.45) is 14.8. The van der Waals surface area contributed by atoms with E-state index in [1.807, 2.05) is 0 Å². The zero-order chi connectivity index (χ0) is 31.0. The van der Waals surface area contributed by atoms with Crippen LogP contribution in [0.4, 0.5) is 0 Å². The third-order valence-corrected chi connectivity index (χ3v) is 6.81. The average molecular weight is 591 g/mol. The minimum Gasteiger partial charge on any atom is -0.481 e. The number of hydrogen-bond acceptors (Lipinski definition) is 8. The Morgan fingerprint density at radius 3 is 0.905 bits per heavy atom.